The van der Waals surface area contributed by atoms with Crippen molar-refractivity contribution in [1.29, 1.82) is 0 Å². The van der Waals surface area contributed by atoms with Crippen LogP contribution < -0.4 is 10.6 Å². The van der Waals surface area contributed by atoms with Crippen LogP contribution in [0.25, 0.3) is 11.1 Å². The van der Waals surface area contributed by atoms with E-state index in [4.69, 9.17) is 0 Å². The number of carbonyl (C=O) groups excluding carboxylic acids is 3. The van der Waals surface area contributed by atoms with E-state index in [1.807, 2.05) is 29.2 Å². The molecular weight excluding hydrogens is 402 g/mol. The van der Waals surface area contributed by atoms with Gasteiger partial charge in [-0.2, -0.15) is 0 Å². The van der Waals surface area contributed by atoms with Crippen LogP contribution in [0.5, 0.6) is 0 Å². The molecule has 168 valence electrons. The van der Waals surface area contributed by atoms with Crippen LogP contribution in [-0.4, -0.2) is 48.8 Å². The summed E-state index contributed by atoms with van der Waals surface area (Å²) in [5, 5.41) is 5.91. The lowest BCUT2D eigenvalue weighted by Gasteiger charge is -2.21. The van der Waals surface area contributed by atoms with Crippen LogP contribution in [0.4, 0.5) is 0 Å². The molecule has 4 rings (SSSR count). The van der Waals surface area contributed by atoms with Crippen LogP contribution in [0.2, 0.25) is 0 Å². The third-order valence-corrected chi connectivity index (χ3v) is 6.36. The Kier molecular flexibility index (Phi) is 7.20. The van der Waals surface area contributed by atoms with Crippen molar-refractivity contribution in [3.8, 4) is 11.1 Å². The summed E-state index contributed by atoms with van der Waals surface area (Å²) in [6.07, 6.45) is 5.10. The quantitative estimate of drug-likeness (QED) is 0.628. The topological polar surface area (TPSA) is 78.5 Å². The predicted octanol–water partition coefficient (Wildman–Crippen LogP) is 3.16. The number of benzene rings is 2. The lowest BCUT2D eigenvalue weighted by atomic mass is 9.91. The van der Waals surface area contributed by atoms with E-state index in [-0.39, 0.29) is 23.6 Å². The molecule has 2 aromatic carbocycles. The van der Waals surface area contributed by atoms with Gasteiger partial charge in [0.15, 0.2) is 0 Å². The highest BCUT2D eigenvalue weighted by Gasteiger charge is 2.22. The highest BCUT2D eigenvalue weighted by atomic mass is 16.2. The fourth-order valence-electron chi connectivity index (χ4n) is 4.50. The van der Waals surface area contributed by atoms with Crippen molar-refractivity contribution in [2.45, 2.75) is 38.5 Å². The van der Waals surface area contributed by atoms with Crippen LogP contribution in [0, 0.1) is 5.92 Å². The van der Waals surface area contributed by atoms with Crippen molar-refractivity contribution in [2.24, 2.45) is 5.92 Å². The van der Waals surface area contributed by atoms with Crippen molar-refractivity contribution in [3.63, 3.8) is 0 Å². The molecular formula is C26H31N3O3. The number of nitrogens with one attached hydrogen (secondary N) is 2. The lowest BCUT2D eigenvalue weighted by molar-refractivity contribution is -0.128. The van der Waals surface area contributed by atoms with Gasteiger partial charge in [0.05, 0.1) is 0 Å². The zero-order valence-corrected chi connectivity index (χ0v) is 18.4. The van der Waals surface area contributed by atoms with Crippen LogP contribution in [-0.2, 0) is 16.0 Å². The summed E-state index contributed by atoms with van der Waals surface area (Å²) in [5.41, 5.74) is 3.81. The Bertz CT molecular complexity index is 971. The SMILES string of the molecule is O=C(NCCCN1CCCC1=O)c1cccc(-c2ccc(C[C@H]3CCCNC3=O)cc2)c1. The molecule has 0 aliphatic carbocycles. The predicted molar refractivity (Wildman–Crippen MR) is 124 cm³/mol. The van der Waals surface area contributed by atoms with Gasteiger partial charge >= 0.3 is 0 Å². The van der Waals surface area contributed by atoms with E-state index in [2.05, 4.69) is 34.9 Å². The lowest BCUT2D eigenvalue weighted by Crippen LogP contribution is -2.37. The summed E-state index contributed by atoms with van der Waals surface area (Å²) >= 11 is 0. The zero-order chi connectivity index (χ0) is 22.3. The number of hydrogen-bond donors (Lipinski definition) is 2. The molecule has 3 amide bonds. The smallest absolute Gasteiger partial charge is 0.251 e. The first-order valence-electron chi connectivity index (χ1n) is 11.6. The molecule has 0 aromatic heterocycles. The molecule has 6 heteroatoms. The van der Waals surface area contributed by atoms with E-state index in [0.717, 1.165) is 61.9 Å². The van der Waals surface area contributed by atoms with Crippen molar-refractivity contribution in [2.75, 3.05) is 26.2 Å². The van der Waals surface area contributed by atoms with Crippen LogP contribution in [0.15, 0.2) is 48.5 Å². The first kappa shape index (κ1) is 22.1. The van der Waals surface area contributed by atoms with Gasteiger partial charge < -0.3 is 15.5 Å². The van der Waals surface area contributed by atoms with Crippen molar-refractivity contribution < 1.29 is 14.4 Å². The normalized spacial score (nSPS) is 18.5. The second-order valence-electron chi connectivity index (χ2n) is 8.71. The maximum Gasteiger partial charge on any atom is 0.251 e. The van der Waals surface area contributed by atoms with Crippen molar-refractivity contribution >= 4 is 17.7 Å². The second kappa shape index (κ2) is 10.4. The van der Waals surface area contributed by atoms with Gasteiger partial charge in [-0.15, -0.1) is 0 Å². The Hall–Kier alpha value is -3.15. The summed E-state index contributed by atoms with van der Waals surface area (Å²) < 4.78 is 0. The van der Waals surface area contributed by atoms with E-state index in [0.29, 0.717) is 25.1 Å². The summed E-state index contributed by atoms with van der Waals surface area (Å²) in [6.45, 7) is 2.88. The van der Waals surface area contributed by atoms with Crippen LogP contribution in [0.1, 0.15) is 48.0 Å². The molecule has 6 nitrogen and oxygen atoms in total. The molecule has 32 heavy (non-hydrogen) atoms. The van der Waals surface area contributed by atoms with Gasteiger partial charge in [-0.05, 0) is 60.9 Å². The summed E-state index contributed by atoms with van der Waals surface area (Å²) in [6, 6.07) is 15.9. The molecule has 2 fully saturated rings. The number of nitrogens with zero attached hydrogens (tertiary/aromatic N) is 1. The van der Waals surface area contributed by atoms with Gasteiger partial charge in [0, 0.05) is 44.1 Å². The third kappa shape index (κ3) is 5.55. The van der Waals surface area contributed by atoms with Crippen LogP contribution >= 0.6 is 0 Å². The minimum absolute atomic E-state index is 0.0604. The Morgan fingerprint density at radius 3 is 2.66 bits per heavy atom. The Labute approximate surface area is 189 Å². The van der Waals surface area contributed by atoms with Gasteiger partial charge in [0.25, 0.3) is 5.91 Å². The molecule has 0 bridgehead atoms. The number of likely N-dealkylation sites (tertiary alicyclic amines) is 1. The maximum atomic E-state index is 12.6. The molecule has 0 saturated carbocycles. The molecule has 2 aromatic rings. The van der Waals surface area contributed by atoms with E-state index in [1.54, 1.807) is 0 Å². The van der Waals surface area contributed by atoms with E-state index in [1.165, 1.54) is 0 Å². The fourth-order valence-corrected chi connectivity index (χ4v) is 4.50. The summed E-state index contributed by atoms with van der Waals surface area (Å²) in [4.78, 5) is 38.1. The standard InChI is InChI=1S/C26H31N3O3/c30-24-8-3-15-29(24)16-4-14-28-26(32)23-6-1-5-21(18-23)20-11-9-19(10-12-20)17-22-7-2-13-27-25(22)31/h1,5-6,9-12,18,22H,2-4,7-8,13-17H2,(H,27,31)(H,28,32)/t22-/m1/s1. The average molecular weight is 434 g/mol. The number of amides is 3. The number of piperidine rings is 1. The molecule has 0 unspecified atom stereocenters. The largest absolute Gasteiger partial charge is 0.356 e. The highest BCUT2D eigenvalue weighted by molar-refractivity contribution is 5.95. The minimum atomic E-state index is -0.0977. The van der Waals surface area contributed by atoms with Crippen molar-refractivity contribution in [1.82, 2.24) is 15.5 Å². The number of carbonyl (C=O) groups is 3. The monoisotopic (exact) mass is 433 g/mol. The molecule has 2 saturated heterocycles. The Balaban J connectivity index is 1.31. The van der Waals surface area contributed by atoms with Crippen LogP contribution in [0.3, 0.4) is 0 Å². The van der Waals surface area contributed by atoms with E-state index >= 15 is 0 Å². The third-order valence-electron chi connectivity index (χ3n) is 6.36. The van der Waals surface area contributed by atoms with Gasteiger partial charge in [0.1, 0.15) is 0 Å². The molecule has 2 aliphatic heterocycles. The molecule has 0 spiro atoms. The zero-order valence-electron chi connectivity index (χ0n) is 18.4. The molecule has 2 N–H and O–H groups in total. The summed E-state index contributed by atoms with van der Waals surface area (Å²) in [7, 11) is 0. The molecule has 2 aliphatic rings. The fraction of sp³-hybridized carbons (Fsp3) is 0.423. The number of rotatable bonds is 8. The minimum Gasteiger partial charge on any atom is -0.356 e. The van der Waals surface area contributed by atoms with Gasteiger partial charge in [-0.25, -0.2) is 0 Å². The van der Waals surface area contributed by atoms with Gasteiger partial charge in [-0.1, -0.05) is 36.4 Å². The molecule has 0 radical (unpaired) electrons. The number of hydrogen-bond acceptors (Lipinski definition) is 3. The molecule has 1 atom stereocenters. The average Bonchev–Trinajstić information content (AvgIpc) is 3.23. The van der Waals surface area contributed by atoms with E-state index < -0.39 is 0 Å². The second-order valence-corrected chi connectivity index (χ2v) is 8.71. The van der Waals surface area contributed by atoms with Gasteiger partial charge in [-0.3, -0.25) is 14.4 Å². The maximum absolute atomic E-state index is 12.6. The van der Waals surface area contributed by atoms with E-state index in [9.17, 15) is 14.4 Å². The molecule has 2 heterocycles. The highest BCUT2D eigenvalue weighted by Crippen LogP contribution is 2.23. The Morgan fingerprint density at radius 2 is 1.91 bits per heavy atom. The van der Waals surface area contributed by atoms with Crippen molar-refractivity contribution in [3.05, 3.63) is 59.7 Å². The summed E-state index contributed by atoms with van der Waals surface area (Å²) in [5.74, 6) is 0.341. The Morgan fingerprint density at radius 1 is 1.06 bits per heavy atom. The first-order chi connectivity index (χ1) is 15.6. The first-order valence-corrected chi connectivity index (χ1v) is 11.6. The van der Waals surface area contributed by atoms with Gasteiger partial charge in [0.2, 0.25) is 11.8 Å².